The Hall–Kier alpha value is -2.55. The van der Waals surface area contributed by atoms with Crippen LogP contribution in [-0.4, -0.2) is 19.0 Å². The van der Waals surface area contributed by atoms with Gasteiger partial charge in [-0.2, -0.15) is 12.1 Å². The van der Waals surface area contributed by atoms with Crippen LogP contribution in [0.15, 0.2) is 91.3 Å². The van der Waals surface area contributed by atoms with Gasteiger partial charge in [0.2, 0.25) is 0 Å². The zero-order valence-corrected chi connectivity index (χ0v) is 18.3. The zero-order chi connectivity index (χ0) is 17.5. The third kappa shape index (κ3) is 6.28. The third-order valence-electron chi connectivity index (χ3n) is 3.68. The summed E-state index contributed by atoms with van der Waals surface area (Å²) in [6.45, 7) is 0. The van der Waals surface area contributed by atoms with Crippen molar-refractivity contribution in [2.75, 3.05) is 24.3 Å². The van der Waals surface area contributed by atoms with E-state index in [1.807, 2.05) is 49.6 Å². The number of hydrogen-bond donors (Lipinski definition) is 1. The molecule has 1 N–H and O–H groups in total. The van der Waals surface area contributed by atoms with Gasteiger partial charge in [-0.05, 0) is 24.3 Å². The van der Waals surface area contributed by atoms with Crippen LogP contribution in [0.4, 0.5) is 22.7 Å². The summed E-state index contributed by atoms with van der Waals surface area (Å²) in [5, 5.41) is 3.27. The Balaban J connectivity index is 0.00000182. The van der Waals surface area contributed by atoms with E-state index >= 15 is 0 Å². The fourth-order valence-electron chi connectivity index (χ4n) is 2.55. The summed E-state index contributed by atoms with van der Waals surface area (Å²) in [6, 6.07) is 30.1. The molecule has 1 radical (unpaired) electrons. The second-order valence-electron chi connectivity index (χ2n) is 5.89. The molecule has 0 amide bonds. The number of benzene rings is 3. The van der Waals surface area contributed by atoms with Crippen LogP contribution in [0, 0.1) is 13.5 Å². The maximum Gasteiger partial charge on any atom is 0.0438 e. The van der Waals surface area contributed by atoms with E-state index in [0.29, 0.717) is 0 Å². The van der Waals surface area contributed by atoms with Crippen molar-refractivity contribution in [2.24, 2.45) is 0 Å². The minimum atomic E-state index is 0. The van der Waals surface area contributed by atoms with Gasteiger partial charge in [-0.1, -0.05) is 47.8 Å². The van der Waals surface area contributed by atoms with E-state index in [1.165, 1.54) is 0 Å². The molecule has 0 atom stereocenters. The molecular weight excluding hydrogens is 510 g/mol. The summed E-state index contributed by atoms with van der Waals surface area (Å²) in [5.41, 5.74) is 4.24. The van der Waals surface area contributed by atoms with Crippen molar-refractivity contribution in [3.8, 4) is 0 Å². The normalized spacial score (nSPS) is 9.85. The van der Waals surface area contributed by atoms with E-state index in [0.717, 1.165) is 22.7 Å². The molecule has 3 nitrogen and oxygen atoms in total. The third-order valence-corrected chi connectivity index (χ3v) is 3.68. The monoisotopic (exact) mass is 536 g/mol. The van der Waals surface area contributed by atoms with Crippen molar-refractivity contribution in [2.45, 2.75) is 0 Å². The molecule has 0 saturated carbocycles. The van der Waals surface area contributed by atoms with Gasteiger partial charge in [0, 0.05) is 58.0 Å². The Kier molecular flexibility index (Phi) is 9.35. The van der Waals surface area contributed by atoms with E-state index in [2.05, 4.69) is 76.9 Å². The molecule has 143 valence electrons. The molecule has 0 unspecified atom stereocenters. The number of nitrogens with one attached hydrogen (secondary N) is 1. The van der Waals surface area contributed by atoms with Crippen LogP contribution in [0.25, 0.3) is 0 Å². The topological polar surface area (TPSA) is 18.5 Å². The SMILES string of the molecule is CN(C)/C=C\Nc1[c-]ccc(N(c2ccccc2)c2ccccc2)c1.[CH3-].[Ir]. The second-order valence-corrected chi connectivity index (χ2v) is 5.89. The molecule has 3 aromatic rings. The van der Waals surface area contributed by atoms with E-state index in [4.69, 9.17) is 0 Å². The van der Waals surface area contributed by atoms with Gasteiger partial charge < -0.3 is 22.5 Å². The Morgan fingerprint density at radius 3 is 1.89 bits per heavy atom. The standard InChI is InChI=1S/C22H22N3.CH3.Ir/c1-24(2)17-16-23-19-10-9-15-22(18-19)25(20-11-5-3-6-12-20)21-13-7-4-8-14-21;;/h3-9,11-18,23H,1-2H3;1H3;/q2*-1;/b17-16-;;. The fourth-order valence-corrected chi connectivity index (χ4v) is 2.55. The second kappa shape index (κ2) is 11.2. The molecule has 3 aromatic carbocycles. The van der Waals surface area contributed by atoms with Crippen LogP contribution < -0.4 is 10.2 Å². The maximum absolute atomic E-state index is 3.27. The number of nitrogens with zero attached hydrogens (tertiary/aromatic N) is 2. The quantitative estimate of drug-likeness (QED) is 0.400. The molecule has 0 aliphatic rings. The molecule has 0 fully saturated rings. The first-order valence-electron chi connectivity index (χ1n) is 8.25. The van der Waals surface area contributed by atoms with Gasteiger partial charge in [-0.3, -0.25) is 0 Å². The molecule has 0 aliphatic heterocycles. The molecule has 4 heteroatoms. The molecular formula is C23H25IrN3-2. The average molecular weight is 536 g/mol. The molecule has 0 spiro atoms. The van der Waals surface area contributed by atoms with Gasteiger partial charge in [-0.15, -0.1) is 12.1 Å². The molecule has 3 rings (SSSR count). The molecule has 0 saturated heterocycles. The van der Waals surface area contributed by atoms with Gasteiger partial charge in [0.25, 0.3) is 0 Å². The van der Waals surface area contributed by atoms with Crippen LogP contribution in [0.1, 0.15) is 0 Å². The largest absolute Gasteiger partial charge is 0.383 e. The van der Waals surface area contributed by atoms with Crippen molar-refractivity contribution in [3.05, 3.63) is 105 Å². The summed E-state index contributed by atoms with van der Waals surface area (Å²) in [5.74, 6) is 0. The van der Waals surface area contributed by atoms with Gasteiger partial charge >= 0.3 is 0 Å². The van der Waals surface area contributed by atoms with E-state index in [9.17, 15) is 0 Å². The summed E-state index contributed by atoms with van der Waals surface area (Å²) in [6.07, 6.45) is 3.87. The van der Waals surface area contributed by atoms with Gasteiger partial charge in [0.05, 0.1) is 0 Å². The van der Waals surface area contributed by atoms with Crippen molar-refractivity contribution >= 4 is 22.7 Å². The van der Waals surface area contributed by atoms with Crippen LogP contribution >= 0.6 is 0 Å². The van der Waals surface area contributed by atoms with Crippen LogP contribution in [0.2, 0.25) is 0 Å². The maximum atomic E-state index is 3.27. The number of rotatable bonds is 6. The van der Waals surface area contributed by atoms with Crippen LogP contribution in [0.3, 0.4) is 0 Å². The number of anilines is 4. The van der Waals surface area contributed by atoms with Crippen LogP contribution in [-0.2, 0) is 20.1 Å². The Labute approximate surface area is 176 Å². The first-order chi connectivity index (χ1) is 12.2. The van der Waals surface area contributed by atoms with E-state index < -0.39 is 0 Å². The smallest absolute Gasteiger partial charge is 0.0438 e. The number of para-hydroxylation sites is 2. The first kappa shape index (κ1) is 22.5. The van der Waals surface area contributed by atoms with Gasteiger partial charge in [0.1, 0.15) is 0 Å². The summed E-state index contributed by atoms with van der Waals surface area (Å²) in [7, 11) is 3.98. The Morgan fingerprint density at radius 2 is 1.37 bits per heavy atom. The summed E-state index contributed by atoms with van der Waals surface area (Å²) >= 11 is 0. The fraction of sp³-hybridized carbons (Fsp3) is 0.0870. The molecule has 27 heavy (non-hydrogen) atoms. The summed E-state index contributed by atoms with van der Waals surface area (Å²) in [4.78, 5) is 4.21. The number of hydrogen-bond acceptors (Lipinski definition) is 3. The average Bonchev–Trinajstić information content (AvgIpc) is 2.64. The molecule has 0 aromatic heterocycles. The minimum absolute atomic E-state index is 0. The Bertz CT molecular complexity index is 778. The predicted octanol–water partition coefficient (Wildman–Crippen LogP) is 5.85. The Morgan fingerprint density at radius 1 is 0.815 bits per heavy atom. The van der Waals surface area contributed by atoms with Crippen LogP contribution in [0.5, 0.6) is 0 Å². The van der Waals surface area contributed by atoms with Gasteiger partial charge in [0.15, 0.2) is 0 Å². The molecule has 0 bridgehead atoms. The first-order valence-corrected chi connectivity index (χ1v) is 8.25. The van der Waals surface area contributed by atoms with Crippen molar-refractivity contribution in [1.29, 1.82) is 0 Å². The van der Waals surface area contributed by atoms with Gasteiger partial charge in [-0.25, -0.2) is 0 Å². The van der Waals surface area contributed by atoms with Crippen molar-refractivity contribution in [3.63, 3.8) is 0 Å². The van der Waals surface area contributed by atoms with E-state index in [-0.39, 0.29) is 27.5 Å². The summed E-state index contributed by atoms with van der Waals surface area (Å²) < 4.78 is 0. The molecule has 0 aliphatic carbocycles. The molecule has 0 heterocycles. The zero-order valence-electron chi connectivity index (χ0n) is 15.9. The minimum Gasteiger partial charge on any atom is -0.383 e. The predicted molar refractivity (Wildman–Crippen MR) is 113 cm³/mol. The van der Waals surface area contributed by atoms with Crippen molar-refractivity contribution in [1.82, 2.24) is 4.90 Å². The van der Waals surface area contributed by atoms with Crippen molar-refractivity contribution < 1.29 is 20.1 Å². The van der Waals surface area contributed by atoms with E-state index in [1.54, 1.807) is 0 Å².